The summed E-state index contributed by atoms with van der Waals surface area (Å²) in [5, 5.41) is 2.35. The Labute approximate surface area is 291 Å². The summed E-state index contributed by atoms with van der Waals surface area (Å²) in [5.74, 6) is 0. The molecular weight excluding hydrogens is 581 g/mol. The zero-order valence-electron chi connectivity index (χ0n) is 34.3. The molecule has 0 radical (unpaired) electrons. The maximum atomic E-state index is 9.43. The molecule has 0 N–H and O–H groups in total. The molecule has 1 heteroatoms. The third-order valence-corrected chi connectivity index (χ3v) is 10.1. The minimum absolute atomic E-state index is 0.178. The molecule has 0 aliphatic heterocycles. The van der Waals surface area contributed by atoms with Crippen molar-refractivity contribution in [3.63, 3.8) is 0 Å². The molecule has 0 fully saturated rings. The second-order valence-electron chi connectivity index (χ2n) is 13.0. The van der Waals surface area contributed by atoms with Crippen molar-refractivity contribution in [3.05, 3.63) is 169 Å². The van der Waals surface area contributed by atoms with Crippen LogP contribution in [0.2, 0.25) is 0 Å². The summed E-state index contributed by atoms with van der Waals surface area (Å²) >= 11 is 0. The molecule has 8 aromatic carbocycles. The molecule has 0 bridgehead atoms. The normalized spacial score (nSPS) is 15.7. The van der Waals surface area contributed by atoms with Gasteiger partial charge in [0.05, 0.1) is 11.0 Å². The van der Waals surface area contributed by atoms with Crippen LogP contribution in [0.1, 0.15) is 35.9 Å². The number of para-hydroxylation sites is 1. The van der Waals surface area contributed by atoms with Crippen LogP contribution in [0.5, 0.6) is 0 Å². The lowest BCUT2D eigenvalue weighted by atomic mass is 9.82. The number of furan rings is 1. The maximum Gasteiger partial charge on any atom is 0.135 e. The Hall–Kier alpha value is -5.92. The molecule has 10 rings (SSSR count). The van der Waals surface area contributed by atoms with E-state index in [4.69, 9.17) is 9.90 Å². The first-order valence-electron chi connectivity index (χ1n) is 20.1. The van der Waals surface area contributed by atoms with Crippen molar-refractivity contribution in [2.75, 3.05) is 0 Å². The number of benzene rings is 8. The van der Waals surface area contributed by atoms with E-state index >= 15 is 0 Å². The molecule has 9 aromatic rings. The third kappa shape index (κ3) is 3.79. The fraction of sp³-hybridized carbons (Fsp3) is 0.0638. The van der Waals surface area contributed by atoms with Gasteiger partial charge in [-0.1, -0.05) is 147 Å². The number of rotatable bonds is 3. The van der Waals surface area contributed by atoms with Crippen molar-refractivity contribution in [2.24, 2.45) is 0 Å². The Morgan fingerprint density at radius 2 is 1.00 bits per heavy atom. The van der Waals surface area contributed by atoms with Gasteiger partial charge in [0.25, 0.3) is 0 Å². The molecule has 1 aromatic heterocycles. The van der Waals surface area contributed by atoms with Crippen LogP contribution in [0, 0.1) is 0 Å². The van der Waals surface area contributed by atoms with Crippen LogP contribution in [-0.4, -0.2) is 0 Å². The van der Waals surface area contributed by atoms with E-state index in [9.17, 15) is 5.48 Å². The first-order valence-corrected chi connectivity index (χ1v) is 16.1. The van der Waals surface area contributed by atoms with E-state index in [1.54, 1.807) is 12.1 Å². The number of hydrogen-bond donors (Lipinski definition) is 0. The van der Waals surface area contributed by atoms with E-state index in [0.717, 1.165) is 33.0 Å². The summed E-state index contributed by atoms with van der Waals surface area (Å²) in [4.78, 5) is 0. The molecule has 1 aliphatic carbocycles. The lowest BCUT2D eigenvalue weighted by Crippen LogP contribution is -2.14. The average molecular weight is 621 g/mol. The van der Waals surface area contributed by atoms with Crippen LogP contribution < -0.4 is 0 Å². The SMILES string of the molecule is [2H]c1c([2H])c([2H])c2c(-c3ccc4oc5ccccc5c4c3)c3c([2H])c([2H])c([2H])c([2H])c3c(-c3cccc(-c4cccc5c4-c4ccccc4C5(C)C)c3)c2c1[2H]. The van der Waals surface area contributed by atoms with Crippen molar-refractivity contribution in [1.29, 1.82) is 0 Å². The highest BCUT2D eigenvalue weighted by Gasteiger charge is 2.36. The molecule has 0 amide bonds. The van der Waals surface area contributed by atoms with Gasteiger partial charge in [0.15, 0.2) is 0 Å². The van der Waals surface area contributed by atoms with Gasteiger partial charge in [-0.15, -0.1) is 0 Å². The summed E-state index contributed by atoms with van der Waals surface area (Å²) in [6.45, 7) is 4.45. The Bertz CT molecular complexity index is 3130. The van der Waals surface area contributed by atoms with Crippen molar-refractivity contribution >= 4 is 43.5 Å². The zero-order chi connectivity index (χ0) is 38.9. The van der Waals surface area contributed by atoms with Crippen molar-refractivity contribution < 1.29 is 15.4 Å². The first kappa shape index (κ1) is 20.3. The quantitative estimate of drug-likeness (QED) is 0.179. The summed E-state index contributed by atoms with van der Waals surface area (Å²) < 4.78 is 79.2. The molecular formula is C47H32O. The van der Waals surface area contributed by atoms with E-state index < -0.39 is 24.2 Å². The van der Waals surface area contributed by atoms with Crippen LogP contribution in [0.15, 0.2) is 162 Å². The Balaban J connectivity index is 1.36. The lowest BCUT2D eigenvalue weighted by molar-refractivity contribution is 0.660. The zero-order valence-corrected chi connectivity index (χ0v) is 26.3. The summed E-state index contributed by atoms with van der Waals surface area (Å²) in [6.07, 6.45) is 0. The minimum atomic E-state index is -0.431. The highest BCUT2D eigenvalue weighted by molar-refractivity contribution is 6.22. The molecule has 0 unspecified atom stereocenters. The predicted molar refractivity (Wildman–Crippen MR) is 203 cm³/mol. The Morgan fingerprint density at radius 3 is 1.75 bits per heavy atom. The second-order valence-corrected chi connectivity index (χ2v) is 13.0. The standard InChI is InChI=1S/C47H32O/c1-47(2)40-22-9-7-20-38(40)46-32(21-12-23-41(46)47)29-13-11-14-30(27-29)44-34-16-3-5-18-36(34)45(37-19-6-4-17-35(37)44)31-25-26-43-39(28-31)33-15-8-10-24-42(33)48-43/h3-28H,1-2H3/i3D,4D,5D,6D,16D,17D,18D,19D. The van der Waals surface area contributed by atoms with E-state index in [2.05, 4.69) is 50.2 Å². The van der Waals surface area contributed by atoms with Crippen LogP contribution >= 0.6 is 0 Å². The smallest absolute Gasteiger partial charge is 0.135 e. The van der Waals surface area contributed by atoms with E-state index in [-0.39, 0.29) is 51.1 Å². The fourth-order valence-corrected chi connectivity index (χ4v) is 7.92. The van der Waals surface area contributed by atoms with Crippen LogP contribution in [0.4, 0.5) is 0 Å². The maximum absolute atomic E-state index is 9.43. The van der Waals surface area contributed by atoms with Gasteiger partial charge in [-0.2, -0.15) is 0 Å². The van der Waals surface area contributed by atoms with Gasteiger partial charge in [-0.3, -0.25) is 0 Å². The van der Waals surface area contributed by atoms with Gasteiger partial charge >= 0.3 is 0 Å². The molecule has 0 spiro atoms. The fourth-order valence-electron chi connectivity index (χ4n) is 7.92. The molecule has 0 saturated carbocycles. The average Bonchev–Trinajstić information content (AvgIpc) is 3.71. The summed E-state index contributed by atoms with van der Waals surface area (Å²) in [6, 6.07) is 32.7. The van der Waals surface area contributed by atoms with E-state index in [1.807, 2.05) is 60.7 Å². The summed E-state index contributed by atoms with van der Waals surface area (Å²) in [5.41, 5.74) is 9.40. The van der Waals surface area contributed by atoms with Crippen molar-refractivity contribution in [1.82, 2.24) is 0 Å². The second kappa shape index (κ2) is 10.0. The first-order chi connectivity index (χ1) is 26.9. The molecule has 1 aliphatic rings. The van der Waals surface area contributed by atoms with Crippen molar-refractivity contribution in [2.45, 2.75) is 19.3 Å². The molecule has 0 atom stereocenters. The van der Waals surface area contributed by atoms with Crippen LogP contribution in [0.25, 0.3) is 88.0 Å². The van der Waals surface area contributed by atoms with Crippen LogP contribution in [0.3, 0.4) is 0 Å². The minimum Gasteiger partial charge on any atom is -0.456 e. The van der Waals surface area contributed by atoms with Gasteiger partial charge in [0.2, 0.25) is 0 Å². The van der Waals surface area contributed by atoms with Gasteiger partial charge in [-0.05, 0) is 101 Å². The van der Waals surface area contributed by atoms with E-state index in [0.29, 0.717) is 33.4 Å². The monoisotopic (exact) mass is 620 g/mol. The Morgan fingerprint density at radius 1 is 0.438 bits per heavy atom. The summed E-state index contributed by atoms with van der Waals surface area (Å²) in [7, 11) is 0. The highest BCUT2D eigenvalue weighted by Crippen LogP contribution is 2.52. The largest absolute Gasteiger partial charge is 0.456 e. The lowest BCUT2D eigenvalue weighted by Gasteiger charge is -2.21. The molecule has 1 nitrogen and oxygen atoms in total. The predicted octanol–water partition coefficient (Wildman–Crippen LogP) is 13.2. The van der Waals surface area contributed by atoms with Crippen molar-refractivity contribution in [3.8, 4) is 44.5 Å². The number of fused-ring (bicyclic) bond motifs is 8. The topological polar surface area (TPSA) is 13.1 Å². The van der Waals surface area contributed by atoms with Crippen LogP contribution in [-0.2, 0) is 5.41 Å². The van der Waals surface area contributed by atoms with Gasteiger partial charge < -0.3 is 4.42 Å². The molecule has 1 heterocycles. The van der Waals surface area contributed by atoms with Gasteiger partial charge in [0, 0.05) is 16.2 Å². The molecule has 226 valence electrons. The number of hydrogen-bond acceptors (Lipinski definition) is 1. The van der Waals surface area contributed by atoms with Gasteiger partial charge in [-0.25, -0.2) is 0 Å². The molecule has 0 saturated heterocycles. The van der Waals surface area contributed by atoms with E-state index in [1.165, 1.54) is 11.1 Å². The highest BCUT2D eigenvalue weighted by atomic mass is 16.3. The van der Waals surface area contributed by atoms with Gasteiger partial charge in [0.1, 0.15) is 11.2 Å². The third-order valence-electron chi connectivity index (χ3n) is 10.1. The molecule has 48 heavy (non-hydrogen) atoms. The Kier molecular flexibility index (Phi) is 4.25.